The van der Waals surface area contributed by atoms with Crippen LogP contribution in [0.4, 0.5) is 0 Å². The molecule has 3 nitrogen and oxygen atoms in total. The molecule has 2 heterocycles. The first kappa shape index (κ1) is 14.6. The minimum atomic E-state index is 0.411. The molecule has 0 aromatic heterocycles. The van der Waals surface area contributed by atoms with Gasteiger partial charge in [-0.2, -0.15) is 12.6 Å². The van der Waals surface area contributed by atoms with Gasteiger partial charge in [-0.1, -0.05) is 6.92 Å². The summed E-state index contributed by atoms with van der Waals surface area (Å²) in [5, 5.41) is 0. The third-order valence-corrected chi connectivity index (χ3v) is 5.12. The third kappa shape index (κ3) is 3.86. The SMILES string of the molecule is CCCN1CCN(CC2(CS)CCOCC2)CC1. The highest BCUT2D eigenvalue weighted by molar-refractivity contribution is 7.80. The molecule has 0 aromatic rings. The lowest BCUT2D eigenvalue weighted by Crippen LogP contribution is -2.51. The second-order valence-electron chi connectivity index (χ2n) is 5.89. The predicted molar refractivity (Wildman–Crippen MR) is 79.5 cm³/mol. The highest BCUT2D eigenvalue weighted by Gasteiger charge is 2.33. The quantitative estimate of drug-likeness (QED) is 0.768. The minimum Gasteiger partial charge on any atom is -0.381 e. The molecule has 0 saturated carbocycles. The first-order valence-electron chi connectivity index (χ1n) is 7.41. The van der Waals surface area contributed by atoms with E-state index in [2.05, 4.69) is 29.4 Å². The van der Waals surface area contributed by atoms with Crippen molar-refractivity contribution >= 4 is 12.6 Å². The summed E-state index contributed by atoms with van der Waals surface area (Å²) in [6.07, 6.45) is 3.65. The fourth-order valence-electron chi connectivity index (χ4n) is 3.13. The number of thiol groups is 1. The largest absolute Gasteiger partial charge is 0.381 e. The van der Waals surface area contributed by atoms with Crippen molar-refractivity contribution in [3.8, 4) is 0 Å². The molecular formula is C14H28N2OS. The molecule has 0 bridgehead atoms. The van der Waals surface area contributed by atoms with E-state index in [0.29, 0.717) is 5.41 Å². The van der Waals surface area contributed by atoms with Crippen molar-refractivity contribution in [3.63, 3.8) is 0 Å². The summed E-state index contributed by atoms with van der Waals surface area (Å²) in [4.78, 5) is 5.24. The number of rotatable bonds is 5. The number of piperazine rings is 1. The van der Waals surface area contributed by atoms with Crippen molar-refractivity contribution in [2.75, 3.05) is 58.2 Å². The predicted octanol–water partition coefficient (Wildman–Crippen LogP) is 1.74. The summed E-state index contributed by atoms with van der Waals surface area (Å²) in [6.45, 7) is 11.6. The number of hydrogen-bond donors (Lipinski definition) is 1. The molecule has 0 spiro atoms. The summed E-state index contributed by atoms with van der Waals surface area (Å²) >= 11 is 4.61. The molecule has 4 heteroatoms. The van der Waals surface area contributed by atoms with Gasteiger partial charge >= 0.3 is 0 Å². The standard InChI is InChI=1S/C14H28N2OS/c1-2-5-15-6-8-16(9-7-15)12-14(13-18)3-10-17-11-4-14/h18H,2-13H2,1H3. The third-order valence-electron chi connectivity index (χ3n) is 4.45. The van der Waals surface area contributed by atoms with Crippen LogP contribution in [0.5, 0.6) is 0 Å². The number of ether oxygens (including phenoxy) is 1. The fraction of sp³-hybridized carbons (Fsp3) is 1.00. The van der Waals surface area contributed by atoms with E-state index in [9.17, 15) is 0 Å². The molecule has 2 aliphatic rings. The van der Waals surface area contributed by atoms with Gasteiger partial charge < -0.3 is 14.5 Å². The molecule has 2 fully saturated rings. The second kappa shape index (κ2) is 7.13. The molecular weight excluding hydrogens is 244 g/mol. The number of hydrogen-bond acceptors (Lipinski definition) is 4. The van der Waals surface area contributed by atoms with Gasteiger partial charge in [0.15, 0.2) is 0 Å². The van der Waals surface area contributed by atoms with Crippen LogP contribution in [0.15, 0.2) is 0 Å². The van der Waals surface area contributed by atoms with E-state index in [0.717, 1.165) is 19.0 Å². The van der Waals surface area contributed by atoms with Gasteiger partial charge in [-0.15, -0.1) is 0 Å². The second-order valence-corrected chi connectivity index (χ2v) is 6.20. The molecule has 18 heavy (non-hydrogen) atoms. The van der Waals surface area contributed by atoms with Crippen LogP contribution in [0.2, 0.25) is 0 Å². The summed E-state index contributed by atoms with van der Waals surface area (Å²) in [7, 11) is 0. The zero-order chi connectivity index (χ0) is 12.8. The van der Waals surface area contributed by atoms with Crippen LogP contribution in [-0.2, 0) is 4.74 Å². The van der Waals surface area contributed by atoms with Crippen molar-refractivity contribution in [3.05, 3.63) is 0 Å². The molecule has 2 saturated heterocycles. The Morgan fingerprint density at radius 3 is 2.22 bits per heavy atom. The maximum Gasteiger partial charge on any atom is 0.0472 e. The van der Waals surface area contributed by atoms with E-state index in [-0.39, 0.29) is 0 Å². The van der Waals surface area contributed by atoms with Crippen molar-refractivity contribution < 1.29 is 4.74 Å². The molecule has 0 amide bonds. The van der Waals surface area contributed by atoms with Crippen LogP contribution in [0.3, 0.4) is 0 Å². The van der Waals surface area contributed by atoms with Crippen LogP contribution in [0.25, 0.3) is 0 Å². The van der Waals surface area contributed by atoms with E-state index >= 15 is 0 Å². The molecule has 0 aromatic carbocycles. The molecule has 0 atom stereocenters. The van der Waals surface area contributed by atoms with E-state index in [1.807, 2.05) is 0 Å². The Hall–Kier alpha value is 0.230. The zero-order valence-electron chi connectivity index (χ0n) is 11.7. The summed E-state index contributed by atoms with van der Waals surface area (Å²) in [5.41, 5.74) is 0.411. The van der Waals surface area contributed by atoms with Crippen molar-refractivity contribution in [2.45, 2.75) is 26.2 Å². The van der Waals surface area contributed by atoms with Crippen LogP contribution >= 0.6 is 12.6 Å². The molecule has 2 rings (SSSR count). The lowest BCUT2D eigenvalue weighted by atomic mass is 9.81. The van der Waals surface area contributed by atoms with Gasteiger partial charge in [-0.25, -0.2) is 0 Å². The van der Waals surface area contributed by atoms with Gasteiger partial charge in [0.25, 0.3) is 0 Å². The lowest BCUT2D eigenvalue weighted by Gasteiger charge is -2.43. The van der Waals surface area contributed by atoms with Gasteiger partial charge in [0.1, 0.15) is 0 Å². The Bertz CT molecular complexity index is 236. The average Bonchev–Trinajstić information content (AvgIpc) is 2.42. The van der Waals surface area contributed by atoms with E-state index in [4.69, 9.17) is 4.74 Å². The lowest BCUT2D eigenvalue weighted by molar-refractivity contribution is -0.000815. The fourth-order valence-corrected chi connectivity index (χ4v) is 3.55. The first-order chi connectivity index (χ1) is 8.78. The normalized spacial score (nSPS) is 26.3. The van der Waals surface area contributed by atoms with Gasteiger partial charge in [-0.3, -0.25) is 0 Å². The van der Waals surface area contributed by atoms with E-state index in [1.165, 1.54) is 58.5 Å². The Morgan fingerprint density at radius 2 is 1.67 bits per heavy atom. The smallest absolute Gasteiger partial charge is 0.0472 e. The molecule has 0 N–H and O–H groups in total. The van der Waals surface area contributed by atoms with Crippen LogP contribution in [-0.4, -0.2) is 68.0 Å². The van der Waals surface area contributed by atoms with Crippen molar-refractivity contribution in [1.82, 2.24) is 9.80 Å². The highest BCUT2D eigenvalue weighted by Crippen LogP contribution is 2.33. The van der Waals surface area contributed by atoms with E-state index < -0.39 is 0 Å². The van der Waals surface area contributed by atoms with Gasteiger partial charge in [0, 0.05) is 45.9 Å². The first-order valence-corrected chi connectivity index (χ1v) is 8.04. The monoisotopic (exact) mass is 272 g/mol. The molecule has 0 aliphatic carbocycles. The number of nitrogens with zero attached hydrogens (tertiary/aromatic N) is 2. The average molecular weight is 272 g/mol. The zero-order valence-corrected chi connectivity index (χ0v) is 12.6. The van der Waals surface area contributed by atoms with Gasteiger partial charge in [0.2, 0.25) is 0 Å². The maximum absolute atomic E-state index is 5.50. The van der Waals surface area contributed by atoms with Crippen LogP contribution in [0.1, 0.15) is 26.2 Å². The molecule has 0 radical (unpaired) electrons. The maximum atomic E-state index is 5.50. The van der Waals surface area contributed by atoms with Gasteiger partial charge in [-0.05, 0) is 37.0 Å². The molecule has 0 unspecified atom stereocenters. The Morgan fingerprint density at radius 1 is 1.06 bits per heavy atom. The summed E-state index contributed by atoms with van der Waals surface area (Å²) in [5.74, 6) is 1.01. The summed E-state index contributed by atoms with van der Waals surface area (Å²) < 4.78 is 5.50. The van der Waals surface area contributed by atoms with Crippen LogP contribution < -0.4 is 0 Å². The Balaban J connectivity index is 1.79. The summed E-state index contributed by atoms with van der Waals surface area (Å²) in [6, 6.07) is 0. The van der Waals surface area contributed by atoms with Gasteiger partial charge in [0.05, 0.1) is 0 Å². The highest BCUT2D eigenvalue weighted by atomic mass is 32.1. The van der Waals surface area contributed by atoms with Crippen molar-refractivity contribution in [2.24, 2.45) is 5.41 Å². The molecule has 2 aliphatic heterocycles. The minimum absolute atomic E-state index is 0.411. The molecule has 106 valence electrons. The Kier molecular flexibility index (Phi) is 5.80. The van der Waals surface area contributed by atoms with Crippen molar-refractivity contribution in [1.29, 1.82) is 0 Å². The Labute approximate surface area is 117 Å². The van der Waals surface area contributed by atoms with Crippen LogP contribution in [0, 0.1) is 5.41 Å². The van der Waals surface area contributed by atoms with E-state index in [1.54, 1.807) is 0 Å². The topological polar surface area (TPSA) is 15.7 Å².